The second kappa shape index (κ2) is 3.70. The summed E-state index contributed by atoms with van der Waals surface area (Å²) in [6, 6.07) is 7.36. The summed E-state index contributed by atoms with van der Waals surface area (Å²) in [4.78, 5) is 14.6. The van der Waals surface area contributed by atoms with Crippen molar-refractivity contribution in [2.24, 2.45) is 0 Å². The van der Waals surface area contributed by atoms with Crippen molar-refractivity contribution in [1.82, 2.24) is 9.55 Å². The molecule has 1 aromatic heterocycles. The van der Waals surface area contributed by atoms with Gasteiger partial charge in [0, 0.05) is 0 Å². The van der Waals surface area contributed by atoms with E-state index < -0.39 is 12.1 Å². The molecular weight excluding hydrogens is 196 g/mol. The van der Waals surface area contributed by atoms with Crippen molar-refractivity contribution in [2.75, 3.05) is 0 Å². The summed E-state index contributed by atoms with van der Waals surface area (Å²) in [7, 11) is 0. The normalized spacial score (nSPS) is 12.9. The molecule has 0 aliphatic heterocycles. The van der Waals surface area contributed by atoms with Crippen molar-refractivity contribution in [3.8, 4) is 0 Å². The number of hydrogen-bond donors (Lipinski definition) is 2. The quantitative estimate of drug-likeness (QED) is 0.766. The maximum atomic E-state index is 10.5. The molecule has 2 N–H and O–H groups in total. The zero-order chi connectivity index (χ0) is 10.8. The Balaban J connectivity index is 2.32. The van der Waals surface area contributed by atoms with Crippen LogP contribution in [0, 0.1) is 0 Å². The standard InChI is InChI=1S/C10H10N2O3/c13-9(10(14)15)5-12-6-11-7-3-1-2-4-8(7)12/h1-4,6,9,13H,5H2,(H,14,15)/t9-/m1/s1. The third-order valence-electron chi connectivity index (χ3n) is 2.18. The Bertz CT molecular complexity index is 492. The molecule has 0 aliphatic carbocycles. The molecule has 5 heteroatoms. The Labute approximate surface area is 85.6 Å². The van der Waals surface area contributed by atoms with Gasteiger partial charge in [-0.05, 0) is 12.1 Å². The number of aliphatic hydroxyl groups excluding tert-OH is 1. The third-order valence-corrected chi connectivity index (χ3v) is 2.18. The van der Waals surface area contributed by atoms with Crippen LogP contribution in [-0.4, -0.2) is 31.8 Å². The number of fused-ring (bicyclic) bond motifs is 1. The largest absolute Gasteiger partial charge is 0.479 e. The first-order chi connectivity index (χ1) is 7.18. The predicted molar refractivity (Wildman–Crippen MR) is 53.4 cm³/mol. The predicted octanol–water partition coefficient (Wildman–Crippen LogP) is 0.482. The second-order valence-electron chi connectivity index (χ2n) is 3.24. The molecule has 78 valence electrons. The van der Waals surface area contributed by atoms with Gasteiger partial charge in [0.25, 0.3) is 0 Å². The topological polar surface area (TPSA) is 75.3 Å². The average molecular weight is 206 g/mol. The lowest BCUT2D eigenvalue weighted by Gasteiger charge is -2.06. The van der Waals surface area contributed by atoms with Gasteiger partial charge in [0.2, 0.25) is 0 Å². The minimum absolute atomic E-state index is 0.00977. The Morgan fingerprint density at radius 3 is 2.93 bits per heavy atom. The average Bonchev–Trinajstić information content (AvgIpc) is 2.62. The maximum absolute atomic E-state index is 10.5. The number of carbonyl (C=O) groups is 1. The summed E-state index contributed by atoms with van der Waals surface area (Å²) in [5, 5.41) is 17.8. The lowest BCUT2D eigenvalue weighted by Crippen LogP contribution is -2.24. The molecule has 0 saturated carbocycles. The van der Waals surface area contributed by atoms with Gasteiger partial charge in [0.1, 0.15) is 0 Å². The van der Waals surface area contributed by atoms with Crippen LogP contribution >= 0.6 is 0 Å². The van der Waals surface area contributed by atoms with Crippen molar-refractivity contribution in [3.63, 3.8) is 0 Å². The SMILES string of the molecule is O=C(O)[C@H](O)Cn1cnc2ccccc21. The lowest BCUT2D eigenvalue weighted by molar-refractivity contribution is -0.147. The van der Waals surface area contributed by atoms with Crippen LogP contribution in [0.25, 0.3) is 11.0 Å². The van der Waals surface area contributed by atoms with Crippen LogP contribution < -0.4 is 0 Å². The fraction of sp³-hybridized carbons (Fsp3) is 0.200. The summed E-state index contributed by atoms with van der Waals surface area (Å²) >= 11 is 0. The van der Waals surface area contributed by atoms with Crippen LogP contribution in [0.4, 0.5) is 0 Å². The number of aliphatic carboxylic acids is 1. The highest BCUT2D eigenvalue weighted by Gasteiger charge is 2.14. The van der Waals surface area contributed by atoms with Crippen molar-refractivity contribution < 1.29 is 15.0 Å². The first kappa shape index (κ1) is 9.67. The van der Waals surface area contributed by atoms with Crippen LogP contribution in [0.3, 0.4) is 0 Å². The first-order valence-electron chi connectivity index (χ1n) is 4.49. The fourth-order valence-corrected chi connectivity index (χ4v) is 1.42. The van der Waals surface area contributed by atoms with E-state index in [2.05, 4.69) is 4.98 Å². The van der Waals surface area contributed by atoms with Crippen molar-refractivity contribution >= 4 is 17.0 Å². The number of aliphatic hydroxyl groups is 1. The molecule has 0 radical (unpaired) electrons. The molecule has 2 aromatic rings. The van der Waals surface area contributed by atoms with E-state index in [1.165, 1.54) is 6.33 Å². The number of carboxylic acids is 1. The Morgan fingerprint density at radius 2 is 2.20 bits per heavy atom. The van der Waals surface area contributed by atoms with E-state index in [0.29, 0.717) is 0 Å². The minimum Gasteiger partial charge on any atom is -0.479 e. The summed E-state index contributed by atoms with van der Waals surface area (Å²) < 4.78 is 1.62. The van der Waals surface area contributed by atoms with E-state index in [-0.39, 0.29) is 6.54 Å². The molecular formula is C10H10N2O3. The molecule has 0 amide bonds. The summed E-state index contributed by atoms with van der Waals surface area (Å²) in [5.41, 5.74) is 1.60. The van der Waals surface area contributed by atoms with Crippen molar-refractivity contribution in [1.29, 1.82) is 0 Å². The number of aromatic nitrogens is 2. The fourth-order valence-electron chi connectivity index (χ4n) is 1.42. The second-order valence-corrected chi connectivity index (χ2v) is 3.24. The number of nitrogens with zero attached hydrogens (tertiary/aromatic N) is 2. The molecule has 0 fully saturated rings. The van der Waals surface area contributed by atoms with Gasteiger partial charge in [0.15, 0.2) is 6.10 Å². The molecule has 1 aromatic carbocycles. The third kappa shape index (κ3) is 1.82. The Kier molecular flexibility index (Phi) is 2.39. The van der Waals surface area contributed by atoms with Gasteiger partial charge >= 0.3 is 5.97 Å². The highest BCUT2D eigenvalue weighted by atomic mass is 16.4. The van der Waals surface area contributed by atoms with Crippen molar-refractivity contribution in [3.05, 3.63) is 30.6 Å². The van der Waals surface area contributed by atoms with Crippen LogP contribution in [0.1, 0.15) is 0 Å². The van der Waals surface area contributed by atoms with Crippen LogP contribution in [-0.2, 0) is 11.3 Å². The van der Waals surface area contributed by atoms with Gasteiger partial charge in [-0.25, -0.2) is 9.78 Å². The Hall–Kier alpha value is -1.88. The number of rotatable bonds is 3. The highest BCUT2D eigenvalue weighted by Crippen LogP contribution is 2.12. The van der Waals surface area contributed by atoms with Gasteiger partial charge in [-0.3, -0.25) is 0 Å². The number of benzene rings is 1. The van der Waals surface area contributed by atoms with Crippen LogP contribution in [0.5, 0.6) is 0 Å². The zero-order valence-electron chi connectivity index (χ0n) is 7.87. The van der Waals surface area contributed by atoms with E-state index in [9.17, 15) is 9.90 Å². The smallest absolute Gasteiger partial charge is 0.334 e. The lowest BCUT2D eigenvalue weighted by atomic mass is 10.3. The summed E-state index contributed by atoms with van der Waals surface area (Å²) in [6.07, 6.45) is 0.124. The zero-order valence-corrected chi connectivity index (χ0v) is 7.87. The molecule has 15 heavy (non-hydrogen) atoms. The van der Waals surface area contributed by atoms with Gasteiger partial charge in [-0.15, -0.1) is 0 Å². The van der Waals surface area contributed by atoms with Crippen LogP contribution in [0.15, 0.2) is 30.6 Å². The van der Waals surface area contributed by atoms with E-state index in [4.69, 9.17) is 5.11 Å². The molecule has 0 bridgehead atoms. The molecule has 0 saturated heterocycles. The van der Waals surface area contributed by atoms with Crippen LogP contribution in [0.2, 0.25) is 0 Å². The highest BCUT2D eigenvalue weighted by molar-refractivity contribution is 5.76. The van der Waals surface area contributed by atoms with E-state index >= 15 is 0 Å². The van der Waals surface area contributed by atoms with Gasteiger partial charge < -0.3 is 14.8 Å². The Morgan fingerprint density at radius 1 is 1.47 bits per heavy atom. The maximum Gasteiger partial charge on any atom is 0.334 e. The number of hydrogen-bond acceptors (Lipinski definition) is 3. The molecule has 1 atom stereocenters. The molecule has 1 heterocycles. The summed E-state index contributed by atoms with van der Waals surface area (Å²) in [5.74, 6) is -1.23. The monoisotopic (exact) mass is 206 g/mol. The summed E-state index contributed by atoms with van der Waals surface area (Å²) in [6.45, 7) is 0.00977. The molecule has 5 nitrogen and oxygen atoms in total. The van der Waals surface area contributed by atoms with Gasteiger partial charge in [-0.2, -0.15) is 0 Å². The molecule has 0 unspecified atom stereocenters. The molecule has 2 rings (SSSR count). The van der Waals surface area contributed by atoms with E-state index in [0.717, 1.165) is 11.0 Å². The number of imidazole rings is 1. The number of carboxylic acid groups (broad SMARTS) is 1. The van der Waals surface area contributed by atoms with Gasteiger partial charge in [0.05, 0.1) is 23.9 Å². The van der Waals surface area contributed by atoms with Crippen molar-refractivity contribution in [2.45, 2.75) is 12.6 Å². The minimum atomic E-state index is -1.40. The molecule has 0 aliphatic rings. The van der Waals surface area contributed by atoms with Gasteiger partial charge in [-0.1, -0.05) is 12.1 Å². The van der Waals surface area contributed by atoms with E-state index in [1.807, 2.05) is 24.3 Å². The number of para-hydroxylation sites is 2. The van der Waals surface area contributed by atoms with E-state index in [1.54, 1.807) is 4.57 Å². The molecule has 0 spiro atoms. The first-order valence-corrected chi connectivity index (χ1v) is 4.49.